The second kappa shape index (κ2) is 8.79. The molecule has 0 aliphatic heterocycles. The van der Waals surface area contributed by atoms with Gasteiger partial charge in [-0.25, -0.2) is 5.43 Å². The highest BCUT2D eigenvalue weighted by Gasteiger charge is 2.16. The predicted molar refractivity (Wildman–Crippen MR) is 125 cm³/mol. The van der Waals surface area contributed by atoms with Gasteiger partial charge < -0.3 is 5.32 Å². The average Bonchev–Trinajstić information content (AvgIpc) is 3.41. The van der Waals surface area contributed by atoms with Crippen molar-refractivity contribution in [3.05, 3.63) is 86.4 Å². The molecular weight excluding hydrogens is 438 g/mol. The lowest BCUT2D eigenvalue weighted by molar-refractivity contribution is 0.0958. The van der Waals surface area contributed by atoms with Crippen LogP contribution >= 0.6 is 34.3 Å². The summed E-state index contributed by atoms with van der Waals surface area (Å²) in [5.74, 6) is -0.521. The molecule has 150 valence electrons. The fourth-order valence-electron chi connectivity index (χ4n) is 2.83. The Bertz CT molecular complexity index is 1260. The molecule has 0 unspecified atom stereocenters. The highest BCUT2D eigenvalue weighted by atomic mass is 35.5. The highest BCUT2D eigenvalue weighted by Crippen LogP contribution is 2.34. The number of fused-ring (bicyclic) bond motifs is 1. The molecular formula is C22H16ClN3O2S2. The SMILES string of the molecule is C/C(=N\NC(=O)c1sc2ccccc2c1Cl)c1cccc(NC(=O)c2cccs2)c1. The number of hydrazone groups is 1. The molecule has 8 heteroatoms. The number of thiophene rings is 2. The Kier molecular flexibility index (Phi) is 5.94. The van der Waals surface area contributed by atoms with Crippen molar-refractivity contribution in [3.63, 3.8) is 0 Å². The van der Waals surface area contributed by atoms with Crippen molar-refractivity contribution in [3.8, 4) is 0 Å². The van der Waals surface area contributed by atoms with Crippen molar-refractivity contribution in [1.82, 2.24) is 5.43 Å². The maximum absolute atomic E-state index is 12.6. The van der Waals surface area contributed by atoms with Crippen LogP contribution in [0.15, 0.2) is 71.1 Å². The molecule has 0 radical (unpaired) electrons. The topological polar surface area (TPSA) is 70.6 Å². The Hall–Kier alpha value is -3.00. The second-order valence-corrected chi connectivity index (χ2v) is 8.77. The summed E-state index contributed by atoms with van der Waals surface area (Å²) < 4.78 is 0.947. The smallest absolute Gasteiger partial charge is 0.283 e. The van der Waals surface area contributed by atoms with E-state index in [0.29, 0.717) is 26.2 Å². The lowest BCUT2D eigenvalue weighted by Crippen LogP contribution is -2.18. The molecule has 0 saturated heterocycles. The maximum atomic E-state index is 12.6. The van der Waals surface area contributed by atoms with Gasteiger partial charge in [0.05, 0.1) is 15.6 Å². The number of rotatable bonds is 5. The molecule has 4 rings (SSSR count). The first-order valence-electron chi connectivity index (χ1n) is 9.00. The van der Waals surface area contributed by atoms with Crippen LogP contribution in [0.25, 0.3) is 10.1 Å². The van der Waals surface area contributed by atoms with Crippen LogP contribution in [0.5, 0.6) is 0 Å². The maximum Gasteiger partial charge on any atom is 0.283 e. The predicted octanol–water partition coefficient (Wildman–Crippen LogP) is 6.02. The summed E-state index contributed by atoms with van der Waals surface area (Å²) in [6, 6.07) is 18.5. The van der Waals surface area contributed by atoms with E-state index in [1.807, 2.05) is 53.9 Å². The molecule has 5 nitrogen and oxygen atoms in total. The Labute approximate surface area is 186 Å². The van der Waals surface area contributed by atoms with Gasteiger partial charge in [0.1, 0.15) is 4.88 Å². The lowest BCUT2D eigenvalue weighted by atomic mass is 10.1. The minimum Gasteiger partial charge on any atom is -0.321 e. The number of halogens is 1. The van der Waals surface area contributed by atoms with E-state index in [1.54, 1.807) is 19.1 Å². The summed E-state index contributed by atoms with van der Waals surface area (Å²) >= 11 is 9.06. The first-order valence-corrected chi connectivity index (χ1v) is 11.1. The van der Waals surface area contributed by atoms with Gasteiger partial charge in [-0.05, 0) is 42.1 Å². The molecule has 0 atom stereocenters. The zero-order valence-electron chi connectivity index (χ0n) is 15.8. The van der Waals surface area contributed by atoms with Gasteiger partial charge in [-0.1, -0.05) is 48.0 Å². The van der Waals surface area contributed by atoms with Gasteiger partial charge in [0.2, 0.25) is 0 Å². The van der Waals surface area contributed by atoms with E-state index < -0.39 is 0 Å². The Balaban J connectivity index is 1.48. The van der Waals surface area contributed by atoms with Crippen molar-refractivity contribution < 1.29 is 9.59 Å². The molecule has 0 spiro atoms. The fraction of sp³-hybridized carbons (Fsp3) is 0.0455. The molecule has 2 heterocycles. The summed E-state index contributed by atoms with van der Waals surface area (Å²) in [5.41, 5.74) is 4.61. The standard InChI is InChI=1S/C22H16ClN3O2S2/c1-13(14-6-4-7-15(12-14)24-21(27)18-10-5-11-29-18)25-26-22(28)20-19(23)16-8-2-3-9-17(16)30-20/h2-12H,1H3,(H,24,27)(H,26,28)/b25-13+. The molecule has 30 heavy (non-hydrogen) atoms. The summed E-state index contributed by atoms with van der Waals surface area (Å²) in [6.45, 7) is 1.78. The largest absolute Gasteiger partial charge is 0.321 e. The molecule has 0 aliphatic rings. The zero-order valence-corrected chi connectivity index (χ0v) is 18.2. The summed E-state index contributed by atoms with van der Waals surface area (Å²) in [4.78, 5) is 25.9. The average molecular weight is 454 g/mol. The number of hydrogen-bond donors (Lipinski definition) is 2. The quantitative estimate of drug-likeness (QED) is 0.286. The Morgan fingerprint density at radius 3 is 2.60 bits per heavy atom. The lowest BCUT2D eigenvalue weighted by Gasteiger charge is -2.07. The molecule has 0 bridgehead atoms. The third-order valence-electron chi connectivity index (χ3n) is 4.35. The Morgan fingerprint density at radius 1 is 1.00 bits per heavy atom. The van der Waals surface area contributed by atoms with E-state index in [0.717, 1.165) is 15.6 Å². The molecule has 2 aromatic carbocycles. The van der Waals surface area contributed by atoms with Crippen LogP contribution < -0.4 is 10.7 Å². The summed E-state index contributed by atoms with van der Waals surface area (Å²) in [6.07, 6.45) is 0. The van der Waals surface area contributed by atoms with E-state index in [9.17, 15) is 9.59 Å². The van der Waals surface area contributed by atoms with Crippen molar-refractivity contribution in [2.45, 2.75) is 6.92 Å². The monoisotopic (exact) mass is 453 g/mol. The van der Waals surface area contributed by atoms with Gasteiger partial charge in [-0.3, -0.25) is 9.59 Å². The van der Waals surface area contributed by atoms with E-state index in [-0.39, 0.29) is 11.8 Å². The third kappa shape index (κ3) is 4.28. The highest BCUT2D eigenvalue weighted by molar-refractivity contribution is 7.21. The first-order chi connectivity index (χ1) is 14.5. The van der Waals surface area contributed by atoms with Crippen LogP contribution in [0.1, 0.15) is 31.8 Å². The number of nitrogens with zero attached hydrogens (tertiary/aromatic N) is 1. The van der Waals surface area contributed by atoms with Crippen LogP contribution in [0, 0.1) is 0 Å². The number of benzene rings is 2. The van der Waals surface area contributed by atoms with Gasteiger partial charge in [0, 0.05) is 15.8 Å². The number of carbonyl (C=O) groups is 2. The number of nitrogens with one attached hydrogen (secondary N) is 2. The molecule has 2 N–H and O–H groups in total. The third-order valence-corrected chi connectivity index (χ3v) is 6.89. The molecule has 0 fully saturated rings. The Morgan fingerprint density at radius 2 is 1.83 bits per heavy atom. The minimum absolute atomic E-state index is 0.163. The summed E-state index contributed by atoms with van der Waals surface area (Å²) in [7, 11) is 0. The molecule has 2 amide bonds. The molecule has 0 saturated carbocycles. The van der Waals surface area contributed by atoms with Crippen molar-refractivity contribution >= 4 is 67.6 Å². The second-order valence-electron chi connectivity index (χ2n) is 6.39. The number of anilines is 1. The number of hydrogen-bond acceptors (Lipinski definition) is 5. The molecule has 4 aromatic rings. The normalized spacial score (nSPS) is 11.5. The fourth-order valence-corrected chi connectivity index (χ4v) is 4.86. The molecule has 2 aromatic heterocycles. The van der Waals surface area contributed by atoms with E-state index in [4.69, 9.17) is 11.6 Å². The van der Waals surface area contributed by atoms with E-state index in [2.05, 4.69) is 15.8 Å². The minimum atomic E-state index is -0.359. The first kappa shape index (κ1) is 20.3. The number of carbonyl (C=O) groups excluding carboxylic acids is 2. The van der Waals surface area contributed by atoms with E-state index >= 15 is 0 Å². The van der Waals surface area contributed by atoms with Crippen LogP contribution in [0.4, 0.5) is 5.69 Å². The zero-order chi connectivity index (χ0) is 21.1. The van der Waals surface area contributed by atoms with Crippen LogP contribution in [-0.2, 0) is 0 Å². The van der Waals surface area contributed by atoms with Crippen LogP contribution in [0.2, 0.25) is 5.02 Å². The number of amides is 2. The van der Waals surface area contributed by atoms with Gasteiger partial charge in [-0.15, -0.1) is 22.7 Å². The van der Waals surface area contributed by atoms with E-state index in [1.165, 1.54) is 22.7 Å². The van der Waals surface area contributed by atoms with Crippen LogP contribution in [-0.4, -0.2) is 17.5 Å². The van der Waals surface area contributed by atoms with Gasteiger partial charge in [0.15, 0.2) is 0 Å². The van der Waals surface area contributed by atoms with Crippen molar-refractivity contribution in [1.29, 1.82) is 0 Å². The van der Waals surface area contributed by atoms with Crippen molar-refractivity contribution in [2.75, 3.05) is 5.32 Å². The van der Waals surface area contributed by atoms with Gasteiger partial charge in [-0.2, -0.15) is 5.10 Å². The van der Waals surface area contributed by atoms with Gasteiger partial charge in [0.25, 0.3) is 11.8 Å². The van der Waals surface area contributed by atoms with Gasteiger partial charge >= 0.3 is 0 Å². The van der Waals surface area contributed by atoms with Crippen molar-refractivity contribution in [2.24, 2.45) is 5.10 Å². The summed E-state index contributed by atoms with van der Waals surface area (Å²) in [5, 5.41) is 10.2. The molecule has 0 aliphatic carbocycles. The van der Waals surface area contributed by atoms with Crippen LogP contribution in [0.3, 0.4) is 0 Å².